The number of imidazole rings is 5. The van der Waals surface area contributed by atoms with Gasteiger partial charge in [-0.2, -0.15) is 20.4 Å². The summed E-state index contributed by atoms with van der Waals surface area (Å²) in [5, 5.41) is 38.1. The van der Waals surface area contributed by atoms with Crippen molar-refractivity contribution in [2.75, 3.05) is 42.3 Å². The molecule has 38 heteroatoms. The molecule has 38 nitrogen and oxygen atoms in total. The standard InChI is InChI=1S/C18H17N7O.C18H19N7O.2C17H17N7O.C16H19N5O/c19-17-16-15(23-14(24-16)8-20-18(26)9-1-2-9)11-4-3-10(7-13(11)22-17)12-5-6-21-25-12;1-9(2)18(26)20-8-14-23-15-11-4-3-10(12-5-6-21-25-12)7-13(11)22-17(19)16(15)24-14;1-10(25)23(2)9-14-21-15-12-5-4-11(24-7-3-6-19-24)8-13(12)20-17(18)16(15)22-14;1-2-14(25)19-8-13-22-15-10-4-3-9(11-5-6-20-24-11)7-12(10)21-17(18)16(15)23-13;1-4-21(10(3)22)8-13-19-14-11-6-5-9(2)7-12(11)18-16(17)15(14)20-13/h3-7,9H,1-2,8H2,(H2,19,22)(H,20,26)(H,21,25)(H,23,24);3-7,9H,8H2,1-2H3,(H2,19,22)(H,20,26)(H,21,25)(H,23,24);3-8H,9H2,1-2H3,(H2,18,20)(H,21,22);3-7H,2,8H2,1H3,(H2,18,21)(H,19,25)(H,20,24)(H,22,23);5-7H,4,8H2,1-3H3,(H2,17,18)(H,19,20). The van der Waals surface area contributed by atoms with Gasteiger partial charge in [0.25, 0.3) is 0 Å². The number of pyridine rings is 5. The van der Waals surface area contributed by atoms with Gasteiger partial charge in [-0.25, -0.2) is 54.5 Å². The molecule has 1 saturated carbocycles. The third-order valence-corrected chi connectivity index (χ3v) is 21.1. The molecular formula is C86H89N33O5. The number of carbonyl (C=O) groups excluding carboxylic acids is 5. The molecule has 20 rings (SSSR count). The minimum Gasteiger partial charge on any atom is -0.382 e. The van der Waals surface area contributed by atoms with Crippen LogP contribution in [0.25, 0.3) is 149 Å². The lowest BCUT2D eigenvalue weighted by Crippen LogP contribution is -2.28. The Balaban J connectivity index is 0.000000115. The number of nitrogen functional groups attached to an aromatic ring is 5. The number of carbonyl (C=O) groups is 5. The summed E-state index contributed by atoms with van der Waals surface area (Å²) in [6.07, 6.45) is 11.1. The molecule has 124 heavy (non-hydrogen) atoms. The van der Waals surface area contributed by atoms with Crippen LogP contribution in [-0.2, 0) is 56.7 Å². The van der Waals surface area contributed by atoms with Crippen molar-refractivity contribution in [3.8, 4) is 39.5 Å². The number of aromatic nitrogens is 23. The number of hydrogen-bond donors (Lipinski definition) is 16. The van der Waals surface area contributed by atoms with Gasteiger partial charge in [0.15, 0.2) is 0 Å². The zero-order valence-electron chi connectivity index (χ0n) is 68.9. The molecule has 0 bridgehead atoms. The van der Waals surface area contributed by atoms with E-state index in [4.69, 9.17) is 28.7 Å². The van der Waals surface area contributed by atoms with E-state index >= 15 is 0 Å². The van der Waals surface area contributed by atoms with Crippen LogP contribution < -0.4 is 44.6 Å². The number of aryl methyl sites for hydroxylation is 1. The predicted octanol–water partition coefficient (Wildman–Crippen LogP) is 10.8. The van der Waals surface area contributed by atoms with Crippen LogP contribution in [0.4, 0.5) is 29.1 Å². The number of benzene rings is 5. The number of hydrogen-bond acceptors (Lipinski definition) is 24. The molecular weight excluding hydrogens is 1580 g/mol. The number of H-pyrrole nitrogens is 8. The molecule has 5 aromatic carbocycles. The van der Waals surface area contributed by atoms with Crippen LogP contribution in [0.5, 0.6) is 0 Å². The van der Waals surface area contributed by atoms with Crippen molar-refractivity contribution in [2.45, 2.75) is 100 Å². The maximum absolute atomic E-state index is 11.8. The van der Waals surface area contributed by atoms with Crippen LogP contribution in [0.15, 0.2) is 146 Å². The first kappa shape index (κ1) is 81.4. The Morgan fingerprint density at radius 1 is 0.460 bits per heavy atom. The predicted molar refractivity (Wildman–Crippen MR) is 476 cm³/mol. The van der Waals surface area contributed by atoms with Crippen molar-refractivity contribution in [3.63, 3.8) is 0 Å². The smallest absolute Gasteiger partial charge is 0.223 e. The fourth-order valence-corrected chi connectivity index (χ4v) is 14.2. The van der Waals surface area contributed by atoms with Gasteiger partial charge in [-0.3, -0.25) is 39.3 Å². The number of amides is 5. The minimum absolute atomic E-state index is 0.0226. The van der Waals surface area contributed by atoms with E-state index in [2.05, 4.69) is 126 Å². The lowest BCUT2D eigenvalue weighted by Gasteiger charge is -2.16. The first-order chi connectivity index (χ1) is 59.9. The highest BCUT2D eigenvalue weighted by atomic mass is 16.2. The number of nitrogens with two attached hydrogens (primary N) is 5. The molecule has 0 aliphatic heterocycles. The Hall–Kier alpha value is -16.3. The molecule has 1 aliphatic carbocycles. The topological polar surface area (TPSA) is 570 Å². The van der Waals surface area contributed by atoms with Gasteiger partial charge in [-0.05, 0) is 117 Å². The Morgan fingerprint density at radius 3 is 1.23 bits per heavy atom. The molecule has 0 radical (unpaired) electrons. The van der Waals surface area contributed by atoms with Gasteiger partial charge in [0.05, 0.1) is 83.1 Å². The average Bonchev–Trinajstić information content (AvgIpc) is 1.63. The van der Waals surface area contributed by atoms with Gasteiger partial charge < -0.3 is 79.3 Å². The molecule has 21 N–H and O–H groups in total. The zero-order chi connectivity index (χ0) is 86.7. The summed E-state index contributed by atoms with van der Waals surface area (Å²) in [7, 11) is 1.73. The van der Waals surface area contributed by atoms with E-state index in [1.165, 1.54) is 6.92 Å². The number of aromatic amines is 8. The second-order valence-electron chi connectivity index (χ2n) is 30.2. The Labute approximate surface area is 704 Å². The number of anilines is 5. The van der Waals surface area contributed by atoms with E-state index in [0.29, 0.717) is 126 Å². The Bertz CT molecular complexity index is 7050. The lowest BCUT2D eigenvalue weighted by atomic mass is 10.1. The van der Waals surface area contributed by atoms with Gasteiger partial charge in [-0.1, -0.05) is 51.1 Å². The summed E-state index contributed by atoms with van der Waals surface area (Å²) in [5.41, 5.74) is 49.3. The highest BCUT2D eigenvalue weighted by Gasteiger charge is 2.30. The maximum atomic E-state index is 11.8. The molecule has 0 atom stereocenters. The van der Waals surface area contributed by atoms with E-state index < -0.39 is 0 Å². The highest BCUT2D eigenvalue weighted by Crippen LogP contribution is 2.36. The van der Waals surface area contributed by atoms with Crippen molar-refractivity contribution in [1.82, 2.24) is 141 Å². The Morgan fingerprint density at radius 2 is 0.847 bits per heavy atom. The highest BCUT2D eigenvalue weighted by molar-refractivity contribution is 6.11. The van der Waals surface area contributed by atoms with Crippen LogP contribution in [0.2, 0.25) is 0 Å². The molecule has 19 aromatic rings. The third kappa shape index (κ3) is 17.3. The van der Waals surface area contributed by atoms with Crippen molar-refractivity contribution in [2.24, 2.45) is 11.8 Å². The molecule has 0 spiro atoms. The van der Waals surface area contributed by atoms with E-state index in [1.807, 2.05) is 149 Å². The second kappa shape index (κ2) is 34.6. The summed E-state index contributed by atoms with van der Waals surface area (Å²) in [6, 6.07) is 37.2. The van der Waals surface area contributed by atoms with E-state index in [1.54, 1.807) is 60.2 Å². The van der Waals surface area contributed by atoms with E-state index in [0.717, 1.165) is 145 Å². The van der Waals surface area contributed by atoms with Gasteiger partial charge in [-0.15, -0.1) is 0 Å². The summed E-state index contributed by atoms with van der Waals surface area (Å²) in [4.78, 5) is 123. The minimum atomic E-state index is -0.0761. The molecule has 628 valence electrons. The molecule has 0 unspecified atom stereocenters. The van der Waals surface area contributed by atoms with Crippen molar-refractivity contribution in [1.29, 1.82) is 0 Å². The molecule has 1 aliphatic rings. The molecule has 0 saturated heterocycles. The first-order valence-corrected chi connectivity index (χ1v) is 40.0. The van der Waals surface area contributed by atoms with Crippen molar-refractivity contribution >= 4 is 168 Å². The number of nitrogens with one attached hydrogen (secondary N) is 11. The fourth-order valence-electron chi connectivity index (χ4n) is 14.2. The Kier molecular flexibility index (Phi) is 22.7. The van der Waals surface area contributed by atoms with Crippen LogP contribution in [-0.4, -0.2) is 168 Å². The summed E-state index contributed by atoms with van der Waals surface area (Å²) in [5.74, 6) is 5.44. The average molecular weight is 1660 g/mol. The van der Waals surface area contributed by atoms with Gasteiger partial charge >= 0.3 is 0 Å². The van der Waals surface area contributed by atoms with Gasteiger partial charge in [0, 0.05) is 120 Å². The van der Waals surface area contributed by atoms with Crippen molar-refractivity contribution < 1.29 is 24.0 Å². The molecule has 1 fully saturated rings. The molecule has 14 aromatic heterocycles. The second-order valence-corrected chi connectivity index (χ2v) is 30.2. The number of fused-ring (bicyclic) bond motifs is 15. The maximum Gasteiger partial charge on any atom is 0.223 e. The zero-order valence-corrected chi connectivity index (χ0v) is 68.9. The van der Waals surface area contributed by atoms with Gasteiger partial charge in [0.1, 0.15) is 113 Å². The number of nitrogens with zero attached hydrogens (tertiary/aromatic N) is 17. The summed E-state index contributed by atoms with van der Waals surface area (Å²) >= 11 is 0. The van der Waals surface area contributed by atoms with Gasteiger partial charge in [0.2, 0.25) is 29.5 Å². The SMILES string of the molecule is CC(=O)N(C)Cc1nc2c([nH]1)c(N)nc1cc(-n3cccn3)ccc12.CC(C)C(=O)NCc1nc2c([nH]1)c(N)nc1cc(-c3ccn[nH]3)ccc12.CCC(=O)NCc1nc2c([nH]1)c(N)nc1cc(-c3ccn[nH]3)ccc12.CCN(Cc1nc2c([nH]1)c(N)nc1cc(C)ccc12)C(C)=O.Nc1nc2cc(-c3ccn[nH]3)ccc2c2nc(CNC(=O)C3CC3)[nH]c12. The first-order valence-electron chi connectivity index (χ1n) is 40.0. The summed E-state index contributed by atoms with van der Waals surface area (Å²) < 4.78 is 1.76. The van der Waals surface area contributed by atoms with Crippen LogP contribution in [0.3, 0.4) is 0 Å². The van der Waals surface area contributed by atoms with Crippen molar-refractivity contribution in [3.05, 3.63) is 181 Å². The lowest BCUT2D eigenvalue weighted by molar-refractivity contribution is -0.129. The molecule has 14 heterocycles. The normalized spacial score (nSPS) is 11.9. The van der Waals surface area contributed by atoms with Crippen LogP contribution >= 0.6 is 0 Å². The van der Waals surface area contributed by atoms with Crippen LogP contribution in [0.1, 0.15) is 95.5 Å². The van der Waals surface area contributed by atoms with E-state index in [9.17, 15) is 24.0 Å². The third-order valence-electron chi connectivity index (χ3n) is 21.1. The monoisotopic (exact) mass is 1660 g/mol. The van der Waals surface area contributed by atoms with Crippen LogP contribution in [0, 0.1) is 18.8 Å². The quantitative estimate of drug-likeness (QED) is 0.0379. The van der Waals surface area contributed by atoms with E-state index in [-0.39, 0.29) is 41.4 Å². The fraction of sp³-hybridized carbons (Fsp3) is 0.221. The number of rotatable bonds is 18. The summed E-state index contributed by atoms with van der Waals surface area (Å²) in [6.45, 7) is 15.0. The molecule has 5 amide bonds. The largest absolute Gasteiger partial charge is 0.382 e.